The Hall–Kier alpha value is -3.80. The number of nitrogens with one attached hydrogen (secondary N) is 3. The first-order chi connectivity index (χ1) is 14.0. The number of benzene rings is 3. The van der Waals surface area contributed by atoms with Gasteiger partial charge in [0, 0.05) is 30.0 Å². The number of H-pyrrole nitrogens is 1. The van der Waals surface area contributed by atoms with Gasteiger partial charge in [-0.15, -0.1) is 0 Å². The molecular formula is C23H22N4O2. The predicted molar refractivity (Wildman–Crippen MR) is 116 cm³/mol. The van der Waals surface area contributed by atoms with Crippen LogP contribution in [-0.4, -0.2) is 15.5 Å². The van der Waals surface area contributed by atoms with Gasteiger partial charge in [-0.1, -0.05) is 30.3 Å². The Morgan fingerprint density at radius 3 is 2.38 bits per heavy atom. The minimum absolute atomic E-state index is 0.177. The van der Waals surface area contributed by atoms with Crippen LogP contribution in [0.15, 0.2) is 77.6 Å². The number of rotatable bonds is 5. The standard InChI is InChI=1S/C23H22N4O2/c1-15(16-6-4-3-5-7-16)24-18-9-11-19(12-10-18)25-22(28)17-8-13-21-20(14-17)26-23(29)27(21)2/h3-15,24H,1-2H3,(H,25,28)(H,26,29). The highest BCUT2D eigenvalue weighted by atomic mass is 16.2. The molecule has 1 unspecified atom stereocenters. The molecular weight excluding hydrogens is 364 g/mol. The van der Waals surface area contributed by atoms with Crippen LogP contribution in [0.5, 0.6) is 0 Å². The van der Waals surface area contributed by atoms with Gasteiger partial charge in [0.1, 0.15) is 0 Å². The van der Waals surface area contributed by atoms with Crippen molar-refractivity contribution in [1.29, 1.82) is 0 Å². The van der Waals surface area contributed by atoms with Crippen LogP contribution in [0.25, 0.3) is 11.0 Å². The molecule has 0 saturated carbocycles. The van der Waals surface area contributed by atoms with Gasteiger partial charge in [0.05, 0.1) is 11.0 Å². The lowest BCUT2D eigenvalue weighted by molar-refractivity contribution is 0.102. The molecule has 0 aliphatic carbocycles. The monoisotopic (exact) mass is 386 g/mol. The van der Waals surface area contributed by atoms with E-state index in [1.54, 1.807) is 25.2 Å². The molecule has 1 aromatic heterocycles. The quantitative estimate of drug-likeness (QED) is 0.479. The van der Waals surface area contributed by atoms with Crippen molar-refractivity contribution in [2.45, 2.75) is 13.0 Å². The van der Waals surface area contributed by atoms with Crippen molar-refractivity contribution in [2.75, 3.05) is 10.6 Å². The molecule has 6 heteroatoms. The highest BCUT2D eigenvalue weighted by molar-refractivity contribution is 6.06. The number of carbonyl (C=O) groups is 1. The molecule has 0 aliphatic rings. The molecule has 0 spiro atoms. The molecule has 0 fully saturated rings. The number of hydrogen-bond acceptors (Lipinski definition) is 3. The molecule has 4 aromatic rings. The van der Waals surface area contributed by atoms with Gasteiger partial charge in [0.25, 0.3) is 5.91 Å². The summed E-state index contributed by atoms with van der Waals surface area (Å²) in [5.74, 6) is -0.227. The van der Waals surface area contributed by atoms with E-state index in [1.807, 2.05) is 42.5 Å². The SMILES string of the molecule is CC(Nc1ccc(NC(=O)c2ccc3c(c2)[nH]c(=O)n3C)cc1)c1ccccc1. The summed E-state index contributed by atoms with van der Waals surface area (Å²) in [7, 11) is 1.69. The molecule has 29 heavy (non-hydrogen) atoms. The van der Waals surface area contributed by atoms with E-state index >= 15 is 0 Å². The Bertz CT molecular complexity index is 1210. The van der Waals surface area contributed by atoms with E-state index in [9.17, 15) is 9.59 Å². The third kappa shape index (κ3) is 3.91. The maximum Gasteiger partial charge on any atom is 0.326 e. The number of carbonyl (C=O) groups excluding carboxylic acids is 1. The molecule has 3 aromatic carbocycles. The number of imidazole rings is 1. The number of hydrogen-bond donors (Lipinski definition) is 3. The molecule has 1 heterocycles. The highest BCUT2D eigenvalue weighted by Crippen LogP contribution is 2.21. The number of anilines is 2. The van der Waals surface area contributed by atoms with Gasteiger partial charge in [0.2, 0.25) is 0 Å². The molecule has 1 amide bonds. The first-order valence-electron chi connectivity index (χ1n) is 9.43. The zero-order valence-corrected chi connectivity index (χ0v) is 16.3. The molecule has 0 bridgehead atoms. The van der Waals surface area contributed by atoms with Crippen molar-refractivity contribution in [3.8, 4) is 0 Å². The maximum atomic E-state index is 12.6. The first kappa shape index (κ1) is 18.6. The second-order valence-corrected chi connectivity index (χ2v) is 7.03. The maximum absolute atomic E-state index is 12.6. The second kappa shape index (κ2) is 7.67. The topological polar surface area (TPSA) is 78.9 Å². The van der Waals surface area contributed by atoms with Crippen LogP contribution < -0.4 is 16.3 Å². The molecule has 0 aliphatic heterocycles. The van der Waals surface area contributed by atoms with Crippen molar-refractivity contribution in [1.82, 2.24) is 9.55 Å². The summed E-state index contributed by atoms with van der Waals surface area (Å²) >= 11 is 0. The van der Waals surface area contributed by atoms with Crippen molar-refractivity contribution >= 4 is 28.3 Å². The Labute approximate surface area is 168 Å². The van der Waals surface area contributed by atoms with Gasteiger partial charge in [-0.2, -0.15) is 0 Å². The van der Waals surface area contributed by atoms with Gasteiger partial charge in [-0.3, -0.25) is 9.36 Å². The number of amides is 1. The second-order valence-electron chi connectivity index (χ2n) is 7.03. The molecule has 146 valence electrons. The summed E-state index contributed by atoms with van der Waals surface area (Å²) in [6.45, 7) is 2.11. The van der Waals surface area contributed by atoms with Crippen molar-refractivity contribution in [3.05, 3.63) is 94.4 Å². The first-order valence-corrected chi connectivity index (χ1v) is 9.43. The number of nitrogens with zero attached hydrogens (tertiary/aromatic N) is 1. The fourth-order valence-electron chi connectivity index (χ4n) is 3.31. The fourth-order valence-corrected chi connectivity index (χ4v) is 3.31. The van der Waals surface area contributed by atoms with E-state index in [1.165, 1.54) is 10.1 Å². The average Bonchev–Trinajstić information content (AvgIpc) is 3.03. The molecule has 0 radical (unpaired) electrons. The summed E-state index contributed by atoms with van der Waals surface area (Å²) in [6, 6.07) is 23.2. The van der Waals surface area contributed by atoms with Gasteiger partial charge in [0.15, 0.2) is 0 Å². The van der Waals surface area contributed by atoms with Crippen molar-refractivity contribution < 1.29 is 4.79 Å². The average molecular weight is 386 g/mol. The summed E-state index contributed by atoms with van der Waals surface area (Å²) < 4.78 is 1.51. The van der Waals surface area contributed by atoms with E-state index in [2.05, 4.69) is 34.7 Å². The highest BCUT2D eigenvalue weighted by Gasteiger charge is 2.10. The van der Waals surface area contributed by atoms with Gasteiger partial charge in [-0.25, -0.2) is 4.79 Å². The lowest BCUT2D eigenvalue weighted by Gasteiger charge is -2.16. The number of aromatic nitrogens is 2. The predicted octanol–water partition coefficient (Wildman–Crippen LogP) is 4.29. The molecule has 6 nitrogen and oxygen atoms in total. The van der Waals surface area contributed by atoms with E-state index in [0.29, 0.717) is 16.8 Å². The minimum atomic E-state index is -0.227. The van der Waals surface area contributed by atoms with Gasteiger partial charge in [-0.05, 0) is 55.0 Å². The molecule has 1 atom stereocenters. The lowest BCUT2D eigenvalue weighted by Crippen LogP contribution is -2.12. The van der Waals surface area contributed by atoms with Crippen LogP contribution in [0.2, 0.25) is 0 Å². The minimum Gasteiger partial charge on any atom is -0.379 e. The molecule has 0 saturated heterocycles. The van der Waals surface area contributed by atoms with E-state index in [4.69, 9.17) is 0 Å². The Morgan fingerprint density at radius 1 is 0.966 bits per heavy atom. The number of fused-ring (bicyclic) bond motifs is 1. The Kier molecular flexibility index (Phi) is 4.91. The Morgan fingerprint density at radius 2 is 1.66 bits per heavy atom. The third-order valence-electron chi connectivity index (χ3n) is 4.99. The van der Waals surface area contributed by atoms with Crippen LogP contribution in [0, 0.1) is 0 Å². The van der Waals surface area contributed by atoms with Gasteiger partial charge < -0.3 is 15.6 Å². The third-order valence-corrected chi connectivity index (χ3v) is 4.99. The van der Waals surface area contributed by atoms with E-state index in [0.717, 1.165) is 11.2 Å². The molecule has 4 rings (SSSR count). The largest absolute Gasteiger partial charge is 0.379 e. The number of aromatic amines is 1. The lowest BCUT2D eigenvalue weighted by atomic mass is 10.1. The summed E-state index contributed by atoms with van der Waals surface area (Å²) in [5, 5.41) is 6.34. The van der Waals surface area contributed by atoms with Crippen molar-refractivity contribution in [2.24, 2.45) is 7.05 Å². The summed E-state index contributed by atoms with van der Waals surface area (Å²) in [5.41, 5.74) is 4.56. The summed E-state index contributed by atoms with van der Waals surface area (Å²) in [6.07, 6.45) is 0. The van der Waals surface area contributed by atoms with Gasteiger partial charge >= 0.3 is 5.69 Å². The van der Waals surface area contributed by atoms with Crippen molar-refractivity contribution in [3.63, 3.8) is 0 Å². The van der Waals surface area contributed by atoms with Crippen LogP contribution in [-0.2, 0) is 7.05 Å². The zero-order valence-electron chi connectivity index (χ0n) is 16.3. The van der Waals surface area contributed by atoms with Crippen LogP contribution >= 0.6 is 0 Å². The Balaban J connectivity index is 1.44. The zero-order chi connectivity index (χ0) is 20.4. The van der Waals surface area contributed by atoms with E-state index in [-0.39, 0.29) is 17.6 Å². The number of aryl methyl sites for hydroxylation is 1. The van der Waals surface area contributed by atoms with E-state index < -0.39 is 0 Å². The smallest absolute Gasteiger partial charge is 0.326 e. The fraction of sp³-hybridized carbons (Fsp3) is 0.130. The molecule has 3 N–H and O–H groups in total. The summed E-state index contributed by atoms with van der Waals surface area (Å²) in [4.78, 5) is 27.0. The van der Waals surface area contributed by atoms with Crippen LogP contribution in [0.4, 0.5) is 11.4 Å². The van der Waals surface area contributed by atoms with Crippen LogP contribution in [0.3, 0.4) is 0 Å². The normalized spacial score (nSPS) is 11.9. The van der Waals surface area contributed by atoms with Crippen LogP contribution in [0.1, 0.15) is 28.9 Å².